The first kappa shape index (κ1) is 20.0. The fourth-order valence-electron chi connectivity index (χ4n) is 2.00. The largest absolute Gasteiger partial charge is 0.494 e. The zero-order valence-corrected chi connectivity index (χ0v) is 15.0. The first-order chi connectivity index (χ1) is 12.3. The third kappa shape index (κ3) is 5.58. The molecule has 0 bridgehead atoms. The van der Waals surface area contributed by atoms with Crippen LogP contribution >= 0.6 is 11.3 Å². The Bertz CT molecular complexity index is 761. The second kappa shape index (κ2) is 8.84. The maximum atomic E-state index is 13.7. The van der Waals surface area contributed by atoms with Crippen LogP contribution in [0.2, 0.25) is 0 Å². The number of thiazole rings is 1. The van der Waals surface area contributed by atoms with Gasteiger partial charge in [0.15, 0.2) is 23.2 Å². The number of aromatic nitrogens is 1. The van der Waals surface area contributed by atoms with Crippen molar-refractivity contribution in [1.29, 1.82) is 0 Å². The van der Waals surface area contributed by atoms with Gasteiger partial charge in [-0.1, -0.05) is 6.07 Å². The van der Waals surface area contributed by atoms with E-state index in [1.54, 1.807) is 6.07 Å². The summed E-state index contributed by atoms with van der Waals surface area (Å²) in [5.74, 6) is 0.0557. The molecule has 2 rings (SSSR count). The molecule has 0 aliphatic heterocycles. The van der Waals surface area contributed by atoms with Crippen molar-refractivity contribution in [2.75, 3.05) is 13.7 Å². The molecule has 0 saturated carbocycles. The van der Waals surface area contributed by atoms with Gasteiger partial charge in [0.25, 0.3) is 0 Å². The van der Waals surface area contributed by atoms with Crippen LogP contribution in [-0.2, 0) is 19.3 Å². The van der Waals surface area contributed by atoms with E-state index in [4.69, 9.17) is 4.74 Å². The van der Waals surface area contributed by atoms with Crippen molar-refractivity contribution in [1.82, 2.24) is 15.6 Å². The number of nitrogens with one attached hydrogen (secondary N) is 2. The van der Waals surface area contributed by atoms with E-state index >= 15 is 0 Å². The zero-order chi connectivity index (χ0) is 19.2. The van der Waals surface area contributed by atoms with Gasteiger partial charge in [-0.25, -0.2) is 14.4 Å². The lowest BCUT2D eigenvalue weighted by molar-refractivity contribution is -0.140. The number of alkyl halides is 3. The van der Waals surface area contributed by atoms with Gasteiger partial charge in [0.2, 0.25) is 0 Å². The van der Waals surface area contributed by atoms with Crippen LogP contribution in [0.5, 0.6) is 5.75 Å². The van der Waals surface area contributed by atoms with Gasteiger partial charge in [-0.3, -0.25) is 0 Å². The number of nitrogens with zero attached hydrogens (tertiary/aromatic N) is 2. The number of hydrogen-bond acceptors (Lipinski definition) is 4. The number of methoxy groups -OCH3 is 1. The average Bonchev–Trinajstić information content (AvgIpc) is 3.07. The van der Waals surface area contributed by atoms with Crippen LogP contribution in [-0.4, -0.2) is 24.6 Å². The normalized spacial score (nSPS) is 12.2. The summed E-state index contributed by atoms with van der Waals surface area (Å²) in [5.41, 5.74) is -0.274. The maximum Gasteiger partial charge on any atom is 0.434 e. The Labute approximate surface area is 152 Å². The molecule has 0 aliphatic carbocycles. The second-order valence-corrected chi connectivity index (χ2v) is 6.08. The van der Waals surface area contributed by atoms with Gasteiger partial charge in [0, 0.05) is 11.9 Å². The van der Waals surface area contributed by atoms with Gasteiger partial charge < -0.3 is 15.4 Å². The van der Waals surface area contributed by atoms with Gasteiger partial charge in [0.1, 0.15) is 5.01 Å². The number of halogens is 4. The summed E-state index contributed by atoms with van der Waals surface area (Å²) in [5, 5.41) is 7.15. The predicted molar refractivity (Wildman–Crippen MR) is 91.7 cm³/mol. The Morgan fingerprint density at radius 2 is 2.08 bits per heavy atom. The summed E-state index contributed by atoms with van der Waals surface area (Å²) in [6.45, 7) is 2.72. The smallest absolute Gasteiger partial charge is 0.434 e. The number of hydrogen-bond donors (Lipinski definition) is 2. The first-order valence-electron chi connectivity index (χ1n) is 7.69. The Balaban J connectivity index is 2.00. The van der Waals surface area contributed by atoms with Crippen LogP contribution in [0.15, 0.2) is 28.6 Å². The first-order valence-corrected chi connectivity index (χ1v) is 8.57. The predicted octanol–water partition coefficient (Wildman–Crippen LogP) is 3.56. The Hall–Kier alpha value is -2.36. The Morgan fingerprint density at radius 3 is 2.65 bits per heavy atom. The van der Waals surface area contributed by atoms with Crippen molar-refractivity contribution < 1.29 is 22.3 Å². The van der Waals surface area contributed by atoms with Crippen molar-refractivity contribution >= 4 is 17.3 Å². The quantitative estimate of drug-likeness (QED) is 0.450. The standard InChI is InChI=1S/C16H18F4N4OS/c1-3-21-15(22-7-10-4-5-12(25-2)11(17)6-10)23-8-14-24-13(9-26-14)16(18,19)20/h4-6,9H,3,7-8H2,1-2H3,(H2,21,22,23). The highest BCUT2D eigenvalue weighted by atomic mass is 32.1. The third-order valence-corrected chi connectivity index (χ3v) is 4.08. The van der Waals surface area contributed by atoms with E-state index in [0.29, 0.717) is 23.1 Å². The van der Waals surface area contributed by atoms with Crippen LogP contribution in [0.1, 0.15) is 23.2 Å². The summed E-state index contributed by atoms with van der Waals surface area (Å²) in [4.78, 5) is 7.84. The SMILES string of the molecule is CCNC(=NCc1ccc(OC)c(F)c1)NCc1nc(C(F)(F)F)cs1. The fraction of sp³-hybridized carbons (Fsp3) is 0.375. The van der Waals surface area contributed by atoms with E-state index in [2.05, 4.69) is 20.6 Å². The lowest BCUT2D eigenvalue weighted by atomic mass is 10.2. The minimum atomic E-state index is -4.45. The molecule has 5 nitrogen and oxygen atoms in total. The molecule has 1 aromatic heterocycles. The molecule has 2 N–H and O–H groups in total. The number of rotatable bonds is 6. The van der Waals surface area contributed by atoms with Crippen molar-refractivity contribution in [3.63, 3.8) is 0 Å². The molecule has 0 radical (unpaired) electrons. The third-order valence-electron chi connectivity index (χ3n) is 3.23. The van der Waals surface area contributed by atoms with E-state index in [1.165, 1.54) is 19.2 Å². The van der Waals surface area contributed by atoms with E-state index in [0.717, 1.165) is 16.7 Å². The lowest BCUT2D eigenvalue weighted by Crippen LogP contribution is -2.36. The van der Waals surface area contributed by atoms with Crippen LogP contribution in [0.4, 0.5) is 17.6 Å². The van der Waals surface area contributed by atoms with Gasteiger partial charge in [-0.05, 0) is 24.6 Å². The maximum absolute atomic E-state index is 13.7. The van der Waals surface area contributed by atoms with Gasteiger partial charge in [-0.15, -0.1) is 11.3 Å². The van der Waals surface area contributed by atoms with Crippen LogP contribution in [0, 0.1) is 5.82 Å². The number of aliphatic imine (C=N–C) groups is 1. The monoisotopic (exact) mass is 390 g/mol. The molecular weight excluding hydrogens is 372 g/mol. The van der Waals surface area contributed by atoms with Crippen molar-refractivity contribution in [3.8, 4) is 5.75 Å². The molecule has 1 aromatic carbocycles. The fourth-order valence-corrected chi connectivity index (χ4v) is 2.74. The highest BCUT2D eigenvalue weighted by Crippen LogP contribution is 2.29. The number of ether oxygens (including phenoxy) is 1. The molecule has 0 amide bonds. The van der Waals surface area contributed by atoms with Gasteiger partial charge >= 0.3 is 6.18 Å². The molecule has 142 valence electrons. The minimum Gasteiger partial charge on any atom is -0.494 e. The number of guanidine groups is 1. The summed E-state index contributed by atoms with van der Waals surface area (Å²) in [6, 6.07) is 4.52. The molecule has 10 heteroatoms. The van der Waals surface area contributed by atoms with Crippen LogP contribution in [0.25, 0.3) is 0 Å². The molecule has 2 aromatic rings. The van der Waals surface area contributed by atoms with Gasteiger partial charge in [0.05, 0.1) is 20.2 Å². The van der Waals surface area contributed by atoms with Crippen molar-refractivity contribution in [2.45, 2.75) is 26.2 Å². The van der Waals surface area contributed by atoms with Crippen LogP contribution < -0.4 is 15.4 Å². The topological polar surface area (TPSA) is 58.5 Å². The van der Waals surface area contributed by atoms with Crippen LogP contribution in [0.3, 0.4) is 0 Å². The van der Waals surface area contributed by atoms with E-state index < -0.39 is 17.7 Å². The average molecular weight is 390 g/mol. The lowest BCUT2D eigenvalue weighted by Gasteiger charge is -2.10. The molecule has 0 aliphatic rings. The molecule has 26 heavy (non-hydrogen) atoms. The highest BCUT2D eigenvalue weighted by Gasteiger charge is 2.33. The van der Waals surface area contributed by atoms with Crippen molar-refractivity contribution in [3.05, 3.63) is 45.7 Å². The summed E-state index contributed by atoms with van der Waals surface area (Å²) < 4.78 is 56.2. The van der Waals surface area contributed by atoms with E-state index in [9.17, 15) is 17.6 Å². The summed E-state index contributed by atoms with van der Waals surface area (Å²) in [6.07, 6.45) is -4.45. The molecule has 0 saturated heterocycles. The Morgan fingerprint density at radius 1 is 1.31 bits per heavy atom. The minimum absolute atomic E-state index is 0.101. The van der Waals surface area contributed by atoms with E-state index in [1.807, 2.05) is 6.92 Å². The highest BCUT2D eigenvalue weighted by molar-refractivity contribution is 7.09. The molecule has 1 heterocycles. The summed E-state index contributed by atoms with van der Waals surface area (Å²) >= 11 is 0.917. The molecule has 0 unspecified atom stereocenters. The molecule has 0 spiro atoms. The number of benzene rings is 1. The molecular formula is C16H18F4N4OS. The zero-order valence-electron chi connectivity index (χ0n) is 14.2. The van der Waals surface area contributed by atoms with E-state index in [-0.39, 0.29) is 18.8 Å². The van der Waals surface area contributed by atoms with Crippen molar-refractivity contribution in [2.24, 2.45) is 4.99 Å². The summed E-state index contributed by atoms with van der Waals surface area (Å²) in [7, 11) is 1.38. The Kier molecular flexibility index (Phi) is 6.78. The van der Waals surface area contributed by atoms with Gasteiger partial charge in [-0.2, -0.15) is 13.2 Å². The molecule has 0 atom stereocenters. The second-order valence-electron chi connectivity index (χ2n) is 5.14. The molecule has 0 fully saturated rings.